The summed E-state index contributed by atoms with van der Waals surface area (Å²) < 4.78 is 4.88. The molecule has 0 spiro atoms. The zero-order valence-electron chi connectivity index (χ0n) is 10.4. The minimum atomic E-state index is -0.605. The third kappa shape index (κ3) is 2.82. The third-order valence-corrected chi connectivity index (χ3v) is 3.32. The Morgan fingerprint density at radius 1 is 1.32 bits per heavy atom. The molecule has 0 aliphatic heterocycles. The lowest BCUT2D eigenvalue weighted by atomic mass is 10.3. The molecule has 2 heterocycles. The van der Waals surface area contributed by atoms with E-state index in [2.05, 4.69) is 15.0 Å². The largest absolute Gasteiger partial charge is 0.461 e. The summed E-state index contributed by atoms with van der Waals surface area (Å²) in [7, 11) is 0. The summed E-state index contributed by atoms with van der Waals surface area (Å²) in [6, 6.07) is 1.68. The number of ketones is 1. The van der Waals surface area contributed by atoms with E-state index < -0.39 is 5.97 Å². The maximum absolute atomic E-state index is 11.7. The molecule has 2 rings (SSSR count). The van der Waals surface area contributed by atoms with Gasteiger partial charge in [0.2, 0.25) is 0 Å². The molecule has 2 aromatic heterocycles. The van der Waals surface area contributed by atoms with Gasteiger partial charge < -0.3 is 4.74 Å². The second kappa shape index (κ2) is 5.66. The smallest absolute Gasteiger partial charge is 0.358 e. The highest BCUT2D eigenvalue weighted by molar-refractivity contribution is 7.17. The molecule has 19 heavy (non-hydrogen) atoms. The Morgan fingerprint density at radius 3 is 2.58 bits per heavy atom. The van der Waals surface area contributed by atoms with Crippen LogP contribution >= 0.6 is 11.3 Å². The van der Waals surface area contributed by atoms with Crippen LogP contribution in [0.25, 0.3) is 10.8 Å². The van der Waals surface area contributed by atoms with Gasteiger partial charge in [0, 0.05) is 19.3 Å². The average molecular weight is 277 g/mol. The average Bonchev–Trinajstić information content (AvgIpc) is 2.85. The number of carbonyl (C=O) groups excluding carboxylic acids is 2. The van der Waals surface area contributed by atoms with E-state index in [4.69, 9.17) is 4.74 Å². The van der Waals surface area contributed by atoms with Gasteiger partial charge in [-0.25, -0.2) is 19.7 Å². The molecule has 0 fully saturated rings. The van der Waals surface area contributed by atoms with Crippen LogP contribution in [0.2, 0.25) is 0 Å². The fourth-order valence-electron chi connectivity index (χ4n) is 1.40. The van der Waals surface area contributed by atoms with Crippen molar-refractivity contribution in [2.45, 2.75) is 13.8 Å². The SMILES string of the molecule is CCOC(=O)c1nc(-c2ncccn2)sc1C(C)=O. The van der Waals surface area contributed by atoms with Crippen molar-refractivity contribution in [3.8, 4) is 10.8 Å². The van der Waals surface area contributed by atoms with Crippen molar-refractivity contribution in [2.75, 3.05) is 6.61 Å². The molecule has 0 saturated heterocycles. The summed E-state index contributed by atoms with van der Waals surface area (Å²) in [4.78, 5) is 35.8. The van der Waals surface area contributed by atoms with Crippen LogP contribution in [0.4, 0.5) is 0 Å². The van der Waals surface area contributed by atoms with Gasteiger partial charge in [-0.15, -0.1) is 11.3 Å². The zero-order chi connectivity index (χ0) is 13.8. The summed E-state index contributed by atoms with van der Waals surface area (Å²) in [5.41, 5.74) is 0.0294. The fraction of sp³-hybridized carbons (Fsp3) is 0.250. The maximum Gasteiger partial charge on any atom is 0.358 e. The highest BCUT2D eigenvalue weighted by Gasteiger charge is 2.23. The second-order valence-corrected chi connectivity index (χ2v) is 4.54. The molecule has 6 nitrogen and oxygen atoms in total. The van der Waals surface area contributed by atoms with E-state index in [1.165, 1.54) is 6.92 Å². The number of rotatable bonds is 4. The number of esters is 1. The van der Waals surface area contributed by atoms with Crippen LogP contribution in [0.3, 0.4) is 0 Å². The molecule has 0 aliphatic carbocycles. The van der Waals surface area contributed by atoms with E-state index in [1.807, 2.05) is 0 Å². The van der Waals surface area contributed by atoms with Gasteiger partial charge in [0.05, 0.1) is 6.61 Å². The van der Waals surface area contributed by atoms with Crippen LogP contribution in [0.1, 0.15) is 34.0 Å². The first-order valence-corrected chi connectivity index (χ1v) is 6.41. The topological polar surface area (TPSA) is 82.0 Å². The normalized spacial score (nSPS) is 10.2. The van der Waals surface area contributed by atoms with Crippen molar-refractivity contribution < 1.29 is 14.3 Å². The van der Waals surface area contributed by atoms with Gasteiger partial charge in [0.25, 0.3) is 0 Å². The van der Waals surface area contributed by atoms with Crippen LogP contribution < -0.4 is 0 Å². The van der Waals surface area contributed by atoms with Crippen molar-refractivity contribution in [1.82, 2.24) is 15.0 Å². The van der Waals surface area contributed by atoms with Crippen LogP contribution in [0.15, 0.2) is 18.5 Å². The Balaban J connectivity index is 2.47. The fourth-order valence-corrected chi connectivity index (χ4v) is 2.30. The van der Waals surface area contributed by atoms with Gasteiger partial charge in [-0.3, -0.25) is 4.79 Å². The first-order chi connectivity index (χ1) is 9.13. The predicted molar refractivity (Wildman–Crippen MR) is 69.1 cm³/mol. The summed E-state index contributed by atoms with van der Waals surface area (Å²) >= 11 is 1.09. The molecule has 0 aliphatic rings. The number of Topliss-reactive ketones (excluding diaryl/α,β-unsaturated/α-hetero) is 1. The molecule has 2 aromatic rings. The quantitative estimate of drug-likeness (QED) is 0.627. The van der Waals surface area contributed by atoms with Crippen molar-refractivity contribution in [3.63, 3.8) is 0 Å². The van der Waals surface area contributed by atoms with Crippen LogP contribution in [0.5, 0.6) is 0 Å². The number of carbonyl (C=O) groups is 2. The summed E-state index contributed by atoms with van der Waals surface area (Å²) in [6.45, 7) is 3.30. The van der Waals surface area contributed by atoms with Crippen molar-refractivity contribution in [3.05, 3.63) is 29.0 Å². The standard InChI is InChI=1S/C12H11N3O3S/c1-3-18-12(17)8-9(7(2)16)19-11(15-8)10-13-5-4-6-14-10/h4-6H,3H2,1-2H3. The van der Waals surface area contributed by atoms with E-state index in [9.17, 15) is 9.59 Å². The second-order valence-electron chi connectivity index (χ2n) is 3.55. The Bertz CT molecular complexity index is 610. The number of hydrogen-bond acceptors (Lipinski definition) is 7. The lowest BCUT2D eigenvalue weighted by molar-refractivity contribution is 0.0517. The lowest BCUT2D eigenvalue weighted by Gasteiger charge is -1.98. The molecule has 98 valence electrons. The Kier molecular flexibility index (Phi) is 3.96. The van der Waals surface area contributed by atoms with E-state index >= 15 is 0 Å². The summed E-state index contributed by atoms with van der Waals surface area (Å²) in [5.74, 6) is -0.459. The first-order valence-electron chi connectivity index (χ1n) is 5.59. The zero-order valence-corrected chi connectivity index (χ0v) is 11.2. The highest BCUT2D eigenvalue weighted by Crippen LogP contribution is 2.26. The van der Waals surface area contributed by atoms with Gasteiger partial charge in [0.15, 0.2) is 22.3 Å². The van der Waals surface area contributed by atoms with Gasteiger partial charge >= 0.3 is 5.97 Å². The molecule has 0 bridgehead atoms. The van der Waals surface area contributed by atoms with E-state index in [0.29, 0.717) is 10.8 Å². The number of aromatic nitrogens is 3. The van der Waals surface area contributed by atoms with Crippen LogP contribution in [-0.4, -0.2) is 33.3 Å². The molecule has 0 N–H and O–H groups in total. The Hall–Kier alpha value is -2.15. The number of hydrogen-bond donors (Lipinski definition) is 0. The minimum absolute atomic E-state index is 0.0294. The molecule has 7 heteroatoms. The molecular formula is C12H11N3O3S. The maximum atomic E-state index is 11.7. The molecule has 0 radical (unpaired) electrons. The molecule has 0 aromatic carbocycles. The summed E-state index contributed by atoms with van der Waals surface area (Å²) in [5, 5.41) is 0.425. The number of thiazole rings is 1. The van der Waals surface area contributed by atoms with Gasteiger partial charge in [-0.1, -0.05) is 0 Å². The minimum Gasteiger partial charge on any atom is -0.461 e. The molecule has 0 unspecified atom stereocenters. The highest BCUT2D eigenvalue weighted by atomic mass is 32.1. The van der Waals surface area contributed by atoms with Crippen LogP contribution in [0, 0.1) is 0 Å². The molecular weight excluding hydrogens is 266 g/mol. The number of nitrogens with zero attached hydrogens (tertiary/aromatic N) is 3. The lowest BCUT2D eigenvalue weighted by Crippen LogP contribution is -2.09. The van der Waals surface area contributed by atoms with E-state index in [1.54, 1.807) is 25.4 Å². The third-order valence-electron chi connectivity index (χ3n) is 2.17. The monoisotopic (exact) mass is 277 g/mol. The first kappa shape index (κ1) is 13.3. The molecule has 0 saturated carbocycles. The van der Waals surface area contributed by atoms with Gasteiger partial charge in [-0.05, 0) is 13.0 Å². The number of ether oxygens (including phenoxy) is 1. The van der Waals surface area contributed by atoms with Gasteiger partial charge in [0.1, 0.15) is 4.88 Å². The Labute approximate surface area is 113 Å². The molecule has 0 amide bonds. The summed E-state index contributed by atoms with van der Waals surface area (Å²) in [6.07, 6.45) is 3.14. The van der Waals surface area contributed by atoms with Crippen molar-refractivity contribution >= 4 is 23.1 Å². The van der Waals surface area contributed by atoms with Crippen molar-refractivity contribution in [1.29, 1.82) is 0 Å². The van der Waals surface area contributed by atoms with E-state index in [-0.39, 0.29) is 23.0 Å². The van der Waals surface area contributed by atoms with Crippen molar-refractivity contribution in [2.24, 2.45) is 0 Å². The predicted octanol–water partition coefficient (Wildman–Crippen LogP) is 1.98. The molecule has 0 atom stereocenters. The van der Waals surface area contributed by atoms with Crippen LogP contribution in [-0.2, 0) is 4.74 Å². The van der Waals surface area contributed by atoms with E-state index in [0.717, 1.165) is 11.3 Å². The van der Waals surface area contributed by atoms with Gasteiger partial charge in [-0.2, -0.15) is 0 Å². The Morgan fingerprint density at radius 2 is 2.00 bits per heavy atom.